The van der Waals surface area contributed by atoms with Gasteiger partial charge in [-0.05, 0) is 12.0 Å². The Morgan fingerprint density at radius 2 is 2.19 bits per heavy atom. The number of likely N-dealkylation sites (tertiary alicyclic amines) is 1. The van der Waals surface area contributed by atoms with Crippen LogP contribution >= 0.6 is 0 Å². The molecular weight excluding hydrogens is 196 g/mol. The lowest BCUT2D eigenvalue weighted by atomic mass is 10.2. The summed E-state index contributed by atoms with van der Waals surface area (Å²) in [5, 5.41) is 3.37. The summed E-state index contributed by atoms with van der Waals surface area (Å²) in [6.45, 7) is 4.01. The zero-order valence-corrected chi connectivity index (χ0v) is 9.52. The van der Waals surface area contributed by atoms with Gasteiger partial charge in [-0.2, -0.15) is 0 Å². The summed E-state index contributed by atoms with van der Waals surface area (Å²) in [6, 6.07) is 11.2. The molecule has 84 valence electrons. The van der Waals surface area contributed by atoms with Crippen LogP contribution in [0.2, 0.25) is 0 Å². The molecule has 0 bridgehead atoms. The summed E-state index contributed by atoms with van der Waals surface area (Å²) in [4.78, 5) is 2.48. The Kier molecular flexibility index (Phi) is 3.98. The highest BCUT2D eigenvalue weighted by Gasteiger charge is 2.21. The fraction of sp³-hybridized carbons (Fsp3) is 0.429. The van der Waals surface area contributed by atoms with E-state index in [0.717, 1.165) is 19.6 Å². The Morgan fingerprint density at radius 3 is 2.94 bits per heavy atom. The van der Waals surface area contributed by atoms with Gasteiger partial charge in [0.15, 0.2) is 0 Å². The summed E-state index contributed by atoms with van der Waals surface area (Å²) in [5.74, 6) is 2.63. The van der Waals surface area contributed by atoms with Gasteiger partial charge in [-0.15, -0.1) is 6.42 Å². The van der Waals surface area contributed by atoms with E-state index in [1.807, 2.05) is 0 Å². The first kappa shape index (κ1) is 11.2. The predicted molar refractivity (Wildman–Crippen MR) is 67.0 cm³/mol. The number of nitrogens with zero attached hydrogens (tertiary/aromatic N) is 1. The molecule has 0 aliphatic carbocycles. The van der Waals surface area contributed by atoms with E-state index < -0.39 is 0 Å². The number of benzene rings is 1. The molecule has 0 spiro atoms. The summed E-state index contributed by atoms with van der Waals surface area (Å²) >= 11 is 0. The molecule has 1 N–H and O–H groups in total. The lowest BCUT2D eigenvalue weighted by Crippen LogP contribution is -2.32. The Bertz CT molecular complexity index is 353. The maximum absolute atomic E-state index is 5.24. The van der Waals surface area contributed by atoms with Crippen LogP contribution in [0.1, 0.15) is 12.0 Å². The Morgan fingerprint density at radius 1 is 1.38 bits per heavy atom. The SMILES string of the molecule is C#CCNC1CCN(Cc2ccccc2)C1. The van der Waals surface area contributed by atoms with Crippen LogP contribution in [0, 0.1) is 12.3 Å². The van der Waals surface area contributed by atoms with Crippen molar-refractivity contribution in [3.8, 4) is 12.3 Å². The molecule has 1 aromatic rings. The van der Waals surface area contributed by atoms with Gasteiger partial charge in [0.05, 0.1) is 6.54 Å². The van der Waals surface area contributed by atoms with E-state index in [1.165, 1.54) is 12.0 Å². The average molecular weight is 214 g/mol. The number of hydrogen-bond donors (Lipinski definition) is 1. The lowest BCUT2D eigenvalue weighted by molar-refractivity contribution is 0.321. The third-order valence-corrected chi connectivity index (χ3v) is 3.01. The second-order valence-corrected chi connectivity index (χ2v) is 4.29. The fourth-order valence-corrected chi connectivity index (χ4v) is 2.19. The van der Waals surface area contributed by atoms with Crippen molar-refractivity contribution in [3.63, 3.8) is 0 Å². The first-order valence-corrected chi connectivity index (χ1v) is 5.81. The van der Waals surface area contributed by atoms with E-state index >= 15 is 0 Å². The first-order valence-electron chi connectivity index (χ1n) is 5.81. The van der Waals surface area contributed by atoms with Crippen molar-refractivity contribution in [1.82, 2.24) is 10.2 Å². The van der Waals surface area contributed by atoms with E-state index in [1.54, 1.807) is 0 Å². The molecule has 1 heterocycles. The Labute approximate surface area is 97.7 Å². The van der Waals surface area contributed by atoms with E-state index in [2.05, 4.69) is 46.5 Å². The van der Waals surface area contributed by atoms with Gasteiger partial charge in [0.2, 0.25) is 0 Å². The Hall–Kier alpha value is -1.30. The van der Waals surface area contributed by atoms with Crippen LogP contribution in [0.5, 0.6) is 0 Å². The predicted octanol–water partition coefficient (Wildman–Crippen LogP) is 1.48. The summed E-state index contributed by atoms with van der Waals surface area (Å²) in [5.41, 5.74) is 1.39. The van der Waals surface area contributed by atoms with Gasteiger partial charge >= 0.3 is 0 Å². The van der Waals surface area contributed by atoms with Gasteiger partial charge in [0.25, 0.3) is 0 Å². The highest BCUT2D eigenvalue weighted by atomic mass is 15.2. The number of nitrogens with one attached hydrogen (secondary N) is 1. The normalized spacial score (nSPS) is 20.8. The molecule has 0 amide bonds. The molecule has 1 atom stereocenters. The van der Waals surface area contributed by atoms with Crippen LogP contribution in [-0.4, -0.2) is 30.6 Å². The molecule has 1 unspecified atom stereocenters. The van der Waals surface area contributed by atoms with Gasteiger partial charge in [0.1, 0.15) is 0 Å². The molecule has 1 aromatic carbocycles. The van der Waals surface area contributed by atoms with Crippen molar-refractivity contribution in [2.75, 3.05) is 19.6 Å². The van der Waals surface area contributed by atoms with Crippen molar-refractivity contribution in [3.05, 3.63) is 35.9 Å². The van der Waals surface area contributed by atoms with E-state index in [0.29, 0.717) is 12.6 Å². The van der Waals surface area contributed by atoms with Gasteiger partial charge in [-0.3, -0.25) is 4.90 Å². The number of hydrogen-bond acceptors (Lipinski definition) is 2. The second kappa shape index (κ2) is 5.69. The average Bonchev–Trinajstić information content (AvgIpc) is 2.75. The Balaban J connectivity index is 1.79. The first-order chi connectivity index (χ1) is 7.88. The van der Waals surface area contributed by atoms with Crippen LogP contribution in [0.15, 0.2) is 30.3 Å². The largest absolute Gasteiger partial charge is 0.302 e. The van der Waals surface area contributed by atoms with Gasteiger partial charge in [-0.25, -0.2) is 0 Å². The van der Waals surface area contributed by atoms with Crippen LogP contribution in [-0.2, 0) is 6.54 Å². The second-order valence-electron chi connectivity index (χ2n) is 4.29. The van der Waals surface area contributed by atoms with Crippen LogP contribution in [0.4, 0.5) is 0 Å². The molecule has 0 saturated carbocycles. The van der Waals surface area contributed by atoms with E-state index in [4.69, 9.17) is 6.42 Å². The highest BCUT2D eigenvalue weighted by Crippen LogP contribution is 2.12. The van der Waals surface area contributed by atoms with Crippen molar-refractivity contribution in [2.24, 2.45) is 0 Å². The standard InChI is InChI=1S/C14H18N2/c1-2-9-15-14-8-10-16(12-14)11-13-6-4-3-5-7-13/h1,3-7,14-15H,8-12H2. The van der Waals surface area contributed by atoms with Crippen LogP contribution in [0.3, 0.4) is 0 Å². The van der Waals surface area contributed by atoms with Crippen molar-refractivity contribution in [1.29, 1.82) is 0 Å². The summed E-state index contributed by atoms with van der Waals surface area (Å²) in [7, 11) is 0. The molecule has 0 aromatic heterocycles. The molecule has 1 fully saturated rings. The summed E-state index contributed by atoms with van der Waals surface area (Å²) < 4.78 is 0. The molecule has 1 aliphatic rings. The smallest absolute Gasteiger partial charge is 0.0576 e. The maximum atomic E-state index is 5.24. The fourth-order valence-electron chi connectivity index (χ4n) is 2.19. The lowest BCUT2D eigenvalue weighted by Gasteiger charge is -2.16. The van der Waals surface area contributed by atoms with Crippen molar-refractivity contribution >= 4 is 0 Å². The van der Waals surface area contributed by atoms with Gasteiger partial charge < -0.3 is 5.32 Å². The van der Waals surface area contributed by atoms with Crippen molar-refractivity contribution < 1.29 is 0 Å². The molecule has 2 heteroatoms. The quantitative estimate of drug-likeness (QED) is 0.764. The third-order valence-electron chi connectivity index (χ3n) is 3.01. The van der Waals surface area contributed by atoms with Crippen LogP contribution in [0.25, 0.3) is 0 Å². The molecule has 16 heavy (non-hydrogen) atoms. The molecular formula is C14H18N2. The van der Waals surface area contributed by atoms with E-state index in [9.17, 15) is 0 Å². The molecule has 1 saturated heterocycles. The number of terminal acetylenes is 1. The number of rotatable bonds is 4. The molecule has 1 aliphatic heterocycles. The minimum Gasteiger partial charge on any atom is -0.302 e. The third kappa shape index (κ3) is 3.10. The maximum Gasteiger partial charge on any atom is 0.0576 e. The molecule has 2 nitrogen and oxygen atoms in total. The summed E-state index contributed by atoms with van der Waals surface area (Å²) in [6.07, 6.45) is 6.44. The zero-order chi connectivity index (χ0) is 11.2. The topological polar surface area (TPSA) is 15.3 Å². The minimum absolute atomic E-state index is 0.569. The minimum atomic E-state index is 0.569. The molecule has 2 rings (SSSR count). The highest BCUT2D eigenvalue weighted by molar-refractivity contribution is 5.14. The van der Waals surface area contributed by atoms with Crippen molar-refractivity contribution in [2.45, 2.75) is 19.0 Å². The van der Waals surface area contributed by atoms with Crippen LogP contribution < -0.4 is 5.32 Å². The zero-order valence-electron chi connectivity index (χ0n) is 9.52. The monoisotopic (exact) mass is 214 g/mol. The molecule has 0 radical (unpaired) electrons. The van der Waals surface area contributed by atoms with E-state index in [-0.39, 0.29) is 0 Å². The van der Waals surface area contributed by atoms with Gasteiger partial charge in [0, 0.05) is 25.7 Å². The van der Waals surface area contributed by atoms with Gasteiger partial charge in [-0.1, -0.05) is 36.3 Å².